The van der Waals surface area contributed by atoms with Gasteiger partial charge in [-0.05, 0) is 24.3 Å². The van der Waals surface area contributed by atoms with E-state index in [4.69, 9.17) is 4.98 Å². The van der Waals surface area contributed by atoms with Crippen molar-refractivity contribution < 1.29 is 4.79 Å². The summed E-state index contributed by atoms with van der Waals surface area (Å²) in [7, 11) is 0. The summed E-state index contributed by atoms with van der Waals surface area (Å²) in [5.41, 5.74) is 1.50. The lowest BCUT2D eigenvalue weighted by atomic mass is 10.2. The Bertz CT molecular complexity index is 1020. The standard InChI is InChI=1S/C22H30N6OS2/c1-5-11-23-19-17-14-25-28(20(17)27-22(26-19)31-15(3)4)13-12-24-21(29)16-9-7-8-10-18(16)30-6-2/h7-10,14-15H,5-6,11-13H2,1-4H3,(H,24,29)(H,23,26,27). The summed E-state index contributed by atoms with van der Waals surface area (Å²) < 4.78 is 1.84. The molecule has 1 aromatic carbocycles. The summed E-state index contributed by atoms with van der Waals surface area (Å²) in [6.07, 6.45) is 2.81. The molecule has 2 aromatic heterocycles. The van der Waals surface area contributed by atoms with Crippen molar-refractivity contribution in [1.82, 2.24) is 25.1 Å². The van der Waals surface area contributed by atoms with Crippen LogP contribution < -0.4 is 10.6 Å². The number of rotatable bonds is 11. The van der Waals surface area contributed by atoms with E-state index in [0.717, 1.165) is 45.6 Å². The summed E-state index contributed by atoms with van der Waals surface area (Å²) in [5.74, 6) is 1.67. The molecule has 0 bridgehead atoms. The van der Waals surface area contributed by atoms with Gasteiger partial charge >= 0.3 is 0 Å². The Labute approximate surface area is 192 Å². The highest BCUT2D eigenvalue weighted by Crippen LogP contribution is 2.26. The second-order valence-electron chi connectivity index (χ2n) is 7.24. The quantitative estimate of drug-likeness (QED) is 0.318. The largest absolute Gasteiger partial charge is 0.369 e. The monoisotopic (exact) mass is 458 g/mol. The van der Waals surface area contributed by atoms with Gasteiger partial charge in [-0.3, -0.25) is 4.79 Å². The number of anilines is 1. The van der Waals surface area contributed by atoms with Gasteiger partial charge in [-0.25, -0.2) is 14.6 Å². The van der Waals surface area contributed by atoms with Crippen LogP contribution in [0.25, 0.3) is 11.0 Å². The van der Waals surface area contributed by atoms with Gasteiger partial charge in [0.25, 0.3) is 5.91 Å². The molecule has 9 heteroatoms. The van der Waals surface area contributed by atoms with Gasteiger partial charge in [0.15, 0.2) is 10.8 Å². The van der Waals surface area contributed by atoms with Crippen LogP contribution in [-0.2, 0) is 6.54 Å². The van der Waals surface area contributed by atoms with Crippen LogP contribution in [0.3, 0.4) is 0 Å². The van der Waals surface area contributed by atoms with Crippen molar-refractivity contribution in [3.8, 4) is 0 Å². The minimum atomic E-state index is -0.0657. The molecule has 2 heterocycles. The first kappa shape index (κ1) is 23.4. The molecule has 0 saturated heterocycles. The lowest BCUT2D eigenvalue weighted by Gasteiger charge is -2.11. The first-order chi connectivity index (χ1) is 15.0. The van der Waals surface area contributed by atoms with Crippen LogP contribution in [0.5, 0.6) is 0 Å². The number of carbonyl (C=O) groups is 1. The Kier molecular flexibility index (Phi) is 8.60. The molecule has 31 heavy (non-hydrogen) atoms. The van der Waals surface area contributed by atoms with Gasteiger partial charge < -0.3 is 10.6 Å². The minimum Gasteiger partial charge on any atom is -0.369 e. The number of benzene rings is 1. The van der Waals surface area contributed by atoms with Gasteiger partial charge in [-0.2, -0.15) is 5.10 Å². The molecule has 1 amide bonds. The Balaban J connectivity index is 1.75. The van der Waals surface area contributed by atoms with Crippen LogP contribution in [0, 0.1) is 0 Å². The number of aromatic nitrogens is 4. The maximum absolute atomic E-state index is 12.7. The van der Waals surface area contributed by atoms with Crippen LogP contribution >= 0.6 is 23.5 Å². The normalized spacial score (nSPS) is 11.3. The highest BCUT2D eigenvalue weighted by molar-refractivity contribution is 7.99. The Hall–Kier alpha value is -2.26. The van der Waals surface area contributed by atoms with E-state index in [1.807, 2.05) is 28.9 Å². The predicted molar refractivity (Wildman–Crippen MR) is 130 cm³/mol. The lowest BCUT2D eigenvalue weighted by Crippen LogP contribution is -2.28. The number of fused-ring (bicyclic) bond motifs is 1. The smallest absolute Gasteiger partial charge is 0.252 e. The molecule has 0 fully saturated rings. The number of nitrogens with one attached hydrogen (secondary N) is 2. The number of carbonyl (C=O) groups excluding carboxylic acids is 1. The molecule has 0 spiro atoms. The van der Waals surface area contributed by atoms with Crippen LogP contribution in [0.15, 0.2) is 40.5 Å². The zero-order valence-corrected chi connectivity index (χ0v) is 20.1. The second-order valence-corrected chi connectivity index (χ2v) is 10.1. The van der Waals surface area contributed by atoms with Crippen LogP contribution in [0.2, 0.25) is 0 Å². The number of thioether (sulfide) groups is 2. The number of nitrogens with zero attached hydrogens (tertiary/aromatic N) is 4. The number of hydrogen-bond acceptors (Lipinski definition) is 7. The maximum atomic E-state index is 12.7. The van der Waals surface area contributed by atoms with Crippen molar-refractivity contribution >= 4 is 46.3 Å². The van der Waals surface area contributed by atoms with E-state index < -0.39 is 0 Å². The Morgan fingerprint density at radius 2 is 1.97 bits per heavy atom. The molecule has 0 aliphatic rings. The Morgan fingerprint density at radius 3 is 2.71 bits per heavy atom. The van der Waals surface area contributed by atoms with Gasteiger partial charge in [0.2, 0.25) is 0 Å². The van der Waals surface area contributed by atoms with E-state index in [1.54, 1.807) is 29.7 Å². The second kappa shape index (κ2) is 11.4. The van der Waals surface area contributed by atoms with E-state index in [9.17, 15) is 4.79 Å². The molecule has 0 saturated carbocycles. The fourth-order valence-corrected chi connectivity index (χ4v) is 4.55. The van der Waals surface area contributed by atoms with Gasteiger partial charge in [-0.1, -0.05) is 51.6 Å². The molecule has 3 rings (SSSR count). The first-order valence-electron chi connectivity index (χ1n) is 10.7. The van der Waals surface area contributed by atoms with Crippen molar-refractivity contribution in [2.75, 3.05) is 24.2 Å². The highest BCUT2D eigenvalue weighted by Gasteiger charge is 2.15. The van der Waals surface area contributed by atoms with Crippen molar-refractivity contribution in [2.45, 2.75) is 56.0 Å². The topological polar surface area (TPSA) is 84.7 Å². The van der Waals surface area contributed by atoms with Crippen LogP contribution in [-0.4, -0.2) is 49.7 Å². The molecular formula is C22H30N6OS2. The predicted octanol–water partition coefficient (Wildman–Crippen LogP) is 4.69. The minimum absolute atomic E-state index is 0.0657. The van der Waals surface area contributed by atoms with Gasteiger partial charge in [0.05, 0.1) is 23.7 Å². The molecule has 0 atom stereocenters. The number of amides is 1. The summed E-state index contributed by atoms with van der Waals surface area (Å²) in [6.45, 7) is 10.3. The molecule has 3 aromatic rings. The van der Waals surface area contributed by atoms with Gasteiger partial charge in [0.1, 0.15) is 5.82 Å². The Morgan fingerprint density at radius 1 is 1.16 bits per heavy atom. The maximum Gasteiger partial charge on any atom is 0.252 e. The first-order valence-corrected chi connectivity index (χ1v) is 12.5. The summed E-state index contributed by atoms with van der Waals surface area (Å²) in [4.78, 5) is 23.1. The zero-order valence-electron chi connectivity index (χ0n) is 18.5. The molecule has 7 nitrogen and oxygen atoms in total. The van der Waals surface area contributed by atoms with Crippen LogP contribution in [0.4, 0.5) is 5.82 Å². The summed E-state index contributed by atoms with van der Waals surface area (Å²) in [6, 6.07) is 7.71. The van der Waals surface area contributed by atoms with E-state index in [1.165, 1.54) is 0 Å². The summed E-state index contributed by atoms with van der Waals surface area (Å²) >= 11 is 3.30. The van der Waals surface area contributed by atoms with E-state index in [-0.39, 0.29) is 5.91 Å². The number of hydrogen-bond donors (Lipinski definition) is 2. The molecule has 0 aliphatic carbocycles. The molecule has 0 unspecified atom stereocenters. The third-order valence-electron chi connectivity index (χ3n) is 4.40. The van der Waals surface area contributed by atoms with Crippen molar-refractivity contribution in [1.29, 1.82) is 0 Å². The molecule has 166 valence electrons. The van der Waals surface area contributed by atoms with Crippen molar-refractivity contribution in [2.24, 2.45) is 0 Å². The lowest BCUT2D eigenvalue weighted by molar-refractivity contribution is 0.0949. The summed E-state index contributed by atoms with van der Waals surface area (Å²) in [5, 5.41) is 12.9. The van der Waals surface area contributed by atoms with E-state index in [0.29, 0.717) is 23.9 Å². The van der Waals surface area contributed by atoms with Gasteiger partial charge in [-0.15, -0.1) is 11.8 Å². The highest BCUT2D eigenvalue weighted by atomic mass is 32.2. The van der Waals surface area contributed by atoms with Crippen molar-refractivity contribution in [3.63, 3.8) is 0 Å². The third-order valence-corrected chi connectivity index (χ3v) is 6.22. The fourth-order valence-electron chi connectivity index (χ4n) is 3.05. The average molecular weight is 459 g/mol. The molecule has 0 radical (unpaired) electrons. The zero-order chi connectivity index (χ0) is 22.2. The van der Waals surface area contributed by atoms with Crippen LogP contribution in [0.1, 0.15) is 44.5 Å². The molecule has 2 N–H and O–H groups in total. The fraction of sp³-hybridized carbons (Fsp3) is 0.455. The average Bonchev–Trinajstić information content (AvgIpc) is 3.15. The van der Waals surface area contributed by atoms with Crippen molar-refractivity contribution in [3.05, 3.63) is 36.0 Å². The van der Waals surface area contributed by atoms with E-state index >= 15 is 0 Å². The molecule has 0 aliphatic heterocycles. The van der Waals surface area contributed by atoms with E-state index in [2.05, 4.69) is 48.4 Å². The third kappa shape index (κ3) is 6.13. The van der Waals surface area contributed by atoms with Gasteiger partial charge in [0, 0.05) is 23.2 Å². The SMILES string of the molecule is CCCNc1nc(SC(C)C)nc2c1cnn2CCNC(=O)c1ccccc1SCC. The molecular weight excluding hydrogens is 428 g/mol.